The van der Waals surface area contributed by atoms with Crippen molar-refractivity contribution in [2.75, 3.05) is 23.9 Å². The Kier molecular flexibility index (Phi) is 8.92. The fourth-order valence-electron chi connectivity index (χ4n) is 4.02. The standard InChI is InChI=1S/C24H22ClF6N3O3S/c1-14(35)22(10-3-11-38-2)13-34(21(36)32-16-5-7-17(8-6-16)37-24(29,30)31)33-20(22)15-4-9-18(19(25)12-15)23(26,27)28/h4-9,12H,3,10-11,13H2,1-2H3,(H,32,36). The van der Waals surface area contributed by atoms with Crippen molar-refractivity contribution >= 4 is 46.6 Å². The van der Waals surface area contributed by atoms with Crippen LogP contribution in [0, 0.1) is 5.41 Å². The Bertz CT molecular complexity index is 1220. The highest BCUT2D eigenvalue weighted by Gasteiger charge is 2.49. The summed E-state index contributed by atoms with van der Waals surface area (Å²) in [6.07, 6.45) is -6.85. The molecule has 1 heterocycles. The third kappa shape index (κ3) is 6.93. The number of rotatable bonds is 8. The number of halogens is 7. The second-order valence-electron chi connectivity index (χ2n) is 8.44. The van der Waals surface area contributed by atoms with E-state index in [4.69, 9.17) is 11.6 Å². The number of ketones is 1. The van der Waals surface area contributed by atoms with Crippen LogP contribution >= 0.6 is 23.4 Å². The van der Waals surface area contributed by atoms with Crippen LogP contribution in [0.1, 0.15) is 30.9 Å². The lowest BCUT2D eigenvalue weighted by molar-refractivity contribution is -0.274. The van der Waals surface area contributed by atoms with Gasteiger partial charge in [0.25, 0.3) is 0 Å². The van der Waals surface area contributed by atoms with Crippen LogP contribution < -0.4 is 10.1 Å². The van der Waals surface area contributed by atoms with E-state index in [-0.39, 0.29) is 35.7 Å². The van der Waals surface area contributed by atoms with E-state index in [0.29, 0.717) is 12.2 Å². The predicted octanol–water partition coefficient (Wildman–Crippen LogP) is 7.23. The second-order valence-corrected chi connectivity index (χ2v) is 9.83. The van der Waals surface area contributed by atoms with Gasteiger partial charge in [-0.15, -0.1) is 13.2 Å². The summed E-state index contributed by atoms with van der Waals surface area (Å²) in [6, 6.07) is 6.61. The minimum absolute atomic E-state index is 0.103. The maximum Gasteiger partial charge on any atom is 0.573 e. The van der Waals surface area contributed by atoms with Crippen molar-refractivity contribution in [2.24, 2.45) is 10.5 Å². The molecule has 1 aliphatic rings. The first kappa shape index (κ1) is 29.6. The zero-order valence-corrected chi connectivity index (χ0v) is 21.6. The van der Waals surface area contributed by atoms with Crippen LogP contribution in [0.5, 0.6) is 5.75 Å². The van der Waals surface area contributed by atoms with Crippen molar-refractivity contribution in [1.82, 2.24) is 5.01 Å². The first-order chi connectivity index (χ1) is 17.7. The number of carbonyl (C=O) groups is 2. The van der Waals surface area contributed by atoms with Gasteiger partial charge in [-0.2, -0.15) is 30.0 Å². The van der Waals surface area contributed by atoms with Gasteiger partial charge in [-0.25, -0.2) is 9.80 Å². The average Bonchev–Trinajstić information content (AvgIpc) is 3.20. The number of carbonyl (C=O) groups excluding carboxylic acids is 2. The lowest BCUT2D eigenvalue weighted by Crippen LogP contribution is -2.42. The Morgan fingerprint density at radius 1 is 1.13 bits per heavy atom. The van der Waals surface area contributed by atoms with Crippen LogP contribution in [0.3, 0.4) is 0 Å². The number of urea groups is 1. The highest BCUT2D eigenvalue weighted by Crippen LogP contribution is 2.40. The van der Waals surface area contributed by atoms with E-state index >= 15 is 0 Å². The Morgan fingerprint density at radius 2 is 1.79 bits per heavy atom. The largest absolute Gasteiger partial charge is 0.573 e. The molecule has 0 fully saturated rings. The van der Waals surface area contributed by atoms with E-state index < -0.39 is 40.3 Å². The summed E-state index contributed by atoms with van der Waals surface area (Å²) in [7, 11) is 0. The van der Waals surface area contributed by atoms with Gasteiger partial charge in [-0.3, -0.25) is 4.79 Å². The van der Waals surface area contributed by atoms with Crippen LogP contribution in [0.25, 0.3) is 0 Å². The lowest BCUT2D eigenvalue weighted by atomic mass is 9.73. The van der Waals surface area contributed by atoms with Gasteiger partial charge in [-0.1, -0.05) is 17.7 Å². The number of benzene rings is 2. The molecule has 2 amide bonds. The molecule has 1 N–H and O–H groups in total. The third-order valence-corrected chi connectivity index (χ3v) is 6.85. The van der Waals surface area contributed by atoms with Gasteiger partial charge >= 0.3 is 18.6 Å². The molecule has 2 aromatic carbocycles. The molecule has 0 saturated carbocycles. The molecule has 1 aliphatic heterocycles. The van der Waals surface area contributed by atoms with E-state index in [1.807, 2.05) is 6.26 Å². The van der Waals surface area contributed by atoms with Crippen LogP contribution in [0.4, 0.5) is 36.8 Å². The first-order valence-electron chi connectivity index (χ1n) is 11.1. The van der Waals surface area contributed by atoms with Crippen LogP contribution in [0.15, 0.2) is 47.6 Å². The number of nitrogens with one attached hydrogen (secondary N) is 1. The average molecular weight is 582 g/mol. The van der Waals surface area contributed by atoms with Gasteiger partial charge < -0.3 is 10.1 Å². The van der Waals surface area contributed by atoms with Gasteiger partial charge in [-0.05, 0) is 68.2 Å². The van der Waals surface area contributed by atoms with E-state index in [1.54, 1.807) is 11.8 Å². The summed E-state index contributed by atoms with van der Waals surface area (Å²) in [4.78, 5) is 26.0. The highest BCUT2D eigenvalue weighted by molar-refractivity contribution is 7.98. The number of alkyl halides is 6. The van der Waals surface area contributed by atoms with Crippen molar-refractivity contribution in [3.63, 3.8) is 0 Å². The molecular weight excluding hydrogens is 560 g/mol. The Hall–Kier alpha value is -2.93. The molecule has 1 unspecified atom stereocenters. The molecule has 14 heteroatoms. The molecule has 0 aliphatic carbocycles. The predicted molar refractivity (Wildman–Crippen MR) is 133 cm³/mol. The summed E-state index contributed by atoms with van der Waals surface area (Å²) in [5.41, 5.74) is -1.97. The zero-order valence-electron chi connectivity index (χ0n) is 20.0. The quantitative estimate of drug-likeness (QED) is 0.264. The number of Topliss-reactive ketones (excluding diaryl/α,β-unsaturated/α-hetero) is 1. The normalized spacial score (nSPS) is 17.8. The molecule has 6 nitrogen and oxygen atoms in total. The SMILES string of the molecule is CSCCCC1(C(C)=O)CN(C(=O)Nc2ccc(OC(F)(F)F)cc2)N=C1c1ccc(C(F)(F)F)c(Cl)c1. The first-order valence-corrected chi connectivity index (χ1v) is 12.8. The summed E-state index contributed by atoms with van der Waals surface area (Å²) >= 11 is 7.46. The van der Waals surface area contributed by atoms with E-state index in [1.165, 1.54) is 19.1 Å². The molecule has 3 rings (SSSR count). The van der Waals surface area contributed by atoms with E-state index in [2.05, 4.69) is 15.2 Å². The van der Waals surface area contributed by atoms with Crippen molar-refractivity contribution in [1.29, 1.82) is 0 Å². The molecule has 1 atom stereocenters. The smallest absolute Gasteiger partial charge is 0.406 e. The van der Waals surface area contributed by atoms with Gasteiger partial charge in [0.1, 0.15) is 11.5 Å². The van der Waals surface area contributed by atoms with Gasteiger partial charge in [0, 0.05) is 11.3 Å². The number of nitrogens with zero attached hydrogens (tertiary/aromatic N) is 2. The number of hydrogen-bond acceptors (Lipinski definition) is 5. The number of anilines is 1. The molecule has 2 aromatic rings. The van der Waals surface area contributed by atoms with Gasteiger partial charge in [0.2, 0.25) is 0 Å². The van der Waals surface area contributed by atoms with Gasteiger partial charge in [0.15, 0.2) is 0 Å². The fourth-order valence-corrected chi connectivity index (χ4v) is 4.74. The number of ether oxygens (including phenoxy) is 1. The molecule has 0 saturated heterocycles. The van der Waals surface area contributed by atoms with Crippen LogP contribution in [-0.2, 0) is 11.0 Å². The van der Waals surface area contributed by atoms with Gasteiger partial charge in [0.05, 0.1) is 28.3 Å². The number of hydrogen-bond donors (Lipinski definition) is 1. The number of hydrazone groups is 1. The zero-order chi connectivity index (χ0) is 28.3. The van der Waals surface area contributed by atoms with Crippen molar-refractivity contribution in [2.45, 2.75) is 32.3 Å². The molecule has 0 aromatic heterocycles. The molecule has 38 heavy (non-hydrogen) atoms. The summed E-state index contributed by atoms with van der Waals surface area (Å²) in [5.74, 6) is -0.132. The maximum absolute atomic E-state index is 13.2. The van der Waals surface area contributed by atoms with Crippen LogP contribution in [0.2, 0.25) is 5.02 Å². The Balaban J connectivity index is 1.93. The third-order valence-electron chi connectivity index (χ3n) is 5.84. The minimum Gasteiger partial charge on any atom is -0.406 e. The fraction of sp³-hybridized carbons (Fsp3) is 0.375. The summed E-state index contributed by atoms with van der Waals surface area (Å²) in [6.45, 7) is 1.13. The molecule has 0 bridgehead atoms. The topological polar surface area (TPSA) is 71.0 Å². The van der Waals surface area contributed by atoms with Crippen molar-refractivity contribution < 1.29 is 40.7 Å². The maximum atomic E-state index is 13.2. The van der Waals surface area contributed by atoms with Crippen molar-refractivity contribution in [3.8, 4) is 5.75 Å². The monoisotopic (exact) mass is 581 g/mol. The van der Waals surface area contributed by atoms with Crippen LogP contribution in [-0.4, -0.2) is 47.5 Å². The van der Waals surface area contributed by atoms with E-state index in [9.17, 15) is 35.9 Å². The number of thioether (sulfide) groups is 1. The van der Waals surface area contributed by atoms with Crippen molar-refractivity contribution in [3.05, 3.63) is 58.6 Å². The molecule has 0 spiro atoms. The lowest BCUT2D eigenvalue weighted by Gasteiger charge is -2.28. The Labute approximate surface area is 223 Å². The summed E-state index contributed by atoms with van der Waals surface area (Å²) < 4.78 is 80.6. The second kappa shape index (κ2) is 11.4. The minimum atomic E-state index is -4.88. The summed E-state index contributed by atoms with van der Waals surface area (Å²) in [5, 5.41) is 7.18. The molecule has 206 valence electrons. The van der Waals surface area contributed by atoms with E-state index in [0.717, 1.165) is 35.3 Å². The Morgan fingerprint density at radius 3 is 2.32 bits per heavy atom. The molecule has 0 radical (unpaired) electrons. The highest BCUT2D eigenvalue weighted by atomic mass is 35.5. The number of amides is 2. The molecular formula is C24H22ClF6N3O3S.